The van der Waals surface area contributed by atoms with Crippen LogP contribution in [0.15, 0.2) is 30.5 Å². The minimum atomic E-state index is -0.931. The molecule has 6 atom stereocenters. The number of aromatic nitrogens is 1. The Bertz CT molecular complexity index is 1020. The quantitative estimate of drug-likeness (QED) is 0.420. The van der Waals surface area contributed by atoms with Crippen LogP contribution in [0.25, 0.3) is 10.9 Å². The minimum Gasteiger partial charge on any atom is -0.417 e. The van der Waals surface area contributed by atoms with E-state index >= 15 is 0 Å². The predicted octanol–water partition coefficient (Wildman–Crippen LogP) is 4.30. The molecule has 1 aliphatic carbocycles. The highest BCUT2D eigenvalue weighted by Crippen LogP contribution is 2.37. The Morgan fingerprint density at radius 2 is 2.03 bits per heavy atom. The van der Waals surface area contributed by atoms with Gasteiger partial charge in [0.15, 0.2) is 5.78 Å². The zero-order valence-electron chi connectivity index (χ0n) is 20.5. The van der Waals surface area contributed by atoms with Gasteiger partial charge >= 0.3 is 0 Å². The Kier molecular flexibility index (Phi) is 7.57. The van der Waals surface area contributed by atoms with Crippen molar-refractivity contribution in [2.45, 2.75) is 71.3 Å². The first-order valence-corrected chi connectivity index (χ1v) is 12.3. The molecule has 1 aliphatic heterocycles. The van der Waals surface area contributed by atoms with E-state index in [1.807, 2.05) is 24.3 Å². The van der Waals surface area contributed by atoms with E-state index in [0.717, 1.165) is 29.3 Å². The predicted molar refractivity (Wildman–Crippen MR) is 128 cm³/mol. The Morgan fingerprint density at radius 3 is 2.71 bits per heavy atom. The number of ether oxygens (including phenoxy) is 2. The van der Waals surface area contributed by atoms with Gasteiger partial charge in [-0.3, -0.25) is 14.9 Å². The summed E-state index contributed by atoms with van der Waals surface area (Å²) in [5.74, 6) is 0.729. The Morgan fingerprint density at radius 1 is 1.26 bits per heavy atom. The second-order valence-corrected chi connectivity index (χ2v) is 10.3. The van der Waals surface area contributed by atoms with E-state index in [4.69, 9.17) is 14.3 Å². The van der Waals surface area contributed by atoms with Crippen molar-refractivity contribution in [3.8, 4) is 0 Å². The number of hydrogen-bond donors (Lipinski definition) is 0. The topological polar surface area (TPSA) is 92.8 Å². The van der Waals surface area contributed by atoms with Crippen LogP contribution >= 0.6 is 0 Å². The van der Waals surface area contributed by atoms with Gasteiger partial charge in [0.05, 0.1) is 24.1 Å². The number of fused-ring (bicyclic) bond motifs is 1. The number of Topliss-reactive ketones (excluding diaryl/α,β-unsaturated/α-hetero) is 1. The molecule has 8 heteroatoms. The minimum absolute atomic E-state index is 0.0132. The smallest absolute Gasteiger partial charge is 0.222 e. The normalized spacial score (nSPS) is 28.9. The van der Waals surface area contributed by atoms with Crippen molar-refractivity contribution in [3.63, 3.8) is 0 Å². The lowest BCUT2D eigenvalue weighted by atomic mass is 9.75. The van der Waals surface area contributed by atoms with Gasteiger partial charge in [0.25, 0.3) is 0 Å². The van der Waals surface area contributed by atoms with E-state index in [2.05, 4.69) is 20.8 Å². The van der Waals surface area contributed by atoms with Gasteiger partial charge < -0.3 is 14.3 Å². The molecule has 1 saturated heterocycles. The third-order valence-electron chi connectivity index (χ3n) is 7.65. The molecule has 0 N–H and O–H groups in total. The number of carbonyl (C=O) groups excluding carboxylic acids is 1. The highest BCUT2D eigenvalue weighted by atomic mass is 16.7. The number of nitro groups is 1. The van der Waals surface area contributed by atoms with Gasteiger partial charge in [0, 0.05) is 29.3 Å². The molecule has 0 spiro atoms. The second kappa shape index (κ2) is 10.4. The molecule has 8 nitrogen and oxygen atoms in total. The highest BCUT2D eigenvalue weighted by molar-refractivity contribution is 5.84. The Hall–Kier alpha value is -2.45. The van der Waals surface area contributed by atoms with Crippen molar-refractivity contribution in [3.05, 3.63) is 46.1 Å². The van der Waals surface area contributed by atoms with Gasteiger partial charge in [0.2, 0.25) is 12.3 Å². The van der Waals surface area contributed by atoms with Crippen LogP contribution in [0.1, 0.15) is 52.0 Å². The van der Waals surface area contributed by atoms with E-state index < -0.39 is 18.2 Å². The second-order valence-electron chi connectivity index (χ2n) is 10.3. The van der Waals surface area contributed by atoms with Gasteiger partial charge in [-0.1, -0.05) is 45.4 Å². The molecule has 186 valence electrons. The van der Waals surface area contributed by atoms with Crippen LogP contribution < -0.4 is 4.84 Å². The van der Waals surface area contributed by atoms with Gasteiger partial charge in [0.1, 0.15) is 7.11 Å². The van der Waals surface area contributed by atoms with Crippen molar-refractivity contribution < 1.29 is 24.0 Å². The molecule has 2 aliphatic rings. The molecular formula is C26H36N2O6. The van der Waals surface area contributed by atoms with Crippen LogP contribution in [-0.4, -0.2) is 47.6 Å². The van der Waals surface area contributed by atoms with Crippen molar-refractivity contribution in [1.29, 1.82) is 0 Å². The van der Waals surface area contributed by atoms with E-state index in [9.17, 15) is 14.9 Å². The highest BCUT2D eigenvalue weighted by Gasteiger charge is 2.42. The van der Waals surface area contributed by atoms with E-state index in [1.54, 1.807) is 18.0 Å². The number of carbonyl (C=O) groups is 1. The Balaban J connectivity index is 1.45. The van der Waals surface area contributed by atoms with Crippen LogP contribution in [0.5, 0.6) is 0 Å². The van der Waals surface area contributed by atoms with Gasteiger partial charge in [-0.2, -0.15) is 4.73 Å². The van der Waals surface area contributed by atoms with E-state index in [1.165, 1.54) is 6.42 Å². The van der Waals surface area contributed by atoms with Crippen LogP contribution in [0, 0.1) is 33.8 Å². The van der Waals surface area contributed by atoms with Crippen LogP contribution in [0.2, 0.25) is 0 Å². The molecule has 0 radical (unpaired) electrons. The summed E-state index contributed by atoms with van der Waals surface area (Å²) < 4.78 is 13.7. The lowest BCUT2D eigenvalue weighted by Gasteiger charge is -2.39. The van der Waals surface area contributed by atoms with Crippen molar-refractivity contribution >= 4 is 16.7 Å². The number of nitrogens with zero attached hydrogens (tertiary/aromatic N) is 2. The third kappa shape index (κ3) is 5.13. The van der Waals surface area contributed by atoms with Crippen LogP contribution in [0.3, 0.4) is 0 Å². The maximum absolute atomic E-state index is 13.0. The molecule has 1 saturated carbocycles. The van der Waals surface area contributed by atoms with Gasteiger partial charge in [-0.15, -0.1) is 0 Å². The summed E-state index contributed by atoms with van der Waals surface area (Å²) in [7, 11) is 1.56. The molecule has 2 aromatic rings. The standard InChI is InChI=1S/C26H36N2O6/c1-16(2)20-10-9-17(3)11-25(20)34-26-24(29)13-19(15-33-26)23(28(30)31)12-18-14-27(32-4)22-8-6-5-7-21(18)22/h5-8,14,16-17,19-20,23,25-26H,9-13,15H2,1-4H3/t17-,19-,20+,23?,25-,26-/m1/s1. The monoisotopic (exact) mass is 472 g/mol. The molecule has 2 fully saturated rings. The number of hydrogen-bond acceptors (Lipinski definition) is 6. The fourth-order valence-electron chi connectivity index (χ4n) is 5.68. The van der Waals surface area contributed by atoms with Crippen molar-refractivity contribution in [2.24, 2.45) is 23.7 Å². The lowest BCUT2D eigenvalue weighted by Crippen LogP contribution is -2.47. The fourth-order valence-corrected chi connectivity index (χ4v) is 5.68. The first-order valence-electron chi connectivity index (χ1n) is 12.3. The van der Waals surface area contributed by atoms with Gasteiger partial charge in [-0.05, 0) is 42.2 Å². The number of ketones is 1. The molecule has 1 aromatic carbocycles. The first kappa shape index (κ1) is 24.7. The van der Waals surface area contributed by atoms with Crippen LogP contribution in [0.4, 0.5) is 0 Å². The van der Waals surface area contributed by atoms with Crippen molar-refractivity contribution in [2.75, 3.05) is 13.7 Å². The average molecular weight is 473 g/mol. The van der Waals surface area contributed by atoms with E-state index in [0.29, 0.717) is 17.8 Å². The zero-order chi connectivity index (χ0) is 24.4. The zero-order valence-corrected chi connectivity index (χ0v) is 20.5. The summed E-state index contributed by atoms with van der Waals surface area (Å²) in [4.78, 5) is 30.1. The number of benzene rings is 1. The lowest BCUT2D eigenvalue weighted by molar-refractivity contribution is -0.533. The van der Waals surface area contributed by atoms with Gasteiger partial charge in [-0.25, -0.2) is 0 Å². The summed E-state index contributed by atoms with van der Waals surface area (Å²) >= 11 is 0. The molecular weight excluding hydrogens is 436 g/mol. The van der Waals surface area contributed by atoms with Crippen molar-refractivity contribution in [1.82, 2.24) is 4.73 Å². The summed E-state index contributed by atoms with van der Waals surface area (Å²) in [5, 5.41) is 13.0. The van der Waals surface area contributed by atoms with E-state index in [-0.39, 0.29) is 36.3 Å². The van der Waals surface area contributed by atoms with Crippen LogP contribution in [-0.2, 0) is 20.7 Å². The summed E-state index contributed by atoms with van der Waals surface area (Å²) in [6, 6.07) is 6.71. The molecule has 34 heavy (non-hydrogen) atoms. The maximum Gasteiger partial charge on any atom is 0.222 e. The molecule has 0 bridgehead atoms. The number of rotatable bonds is 8. The third-order valence-corrected chi connectivity index (χ3v) is 7.65. The first-order chi connectivity index (χ1) is 16.3. The molecule has 2 heterocycles. The maximum atomic E-state index is 13.0. The largest absolute Gasteiger partial charge is 0.417 e. The summed E-state index contributed by atoms with van der Waals surface area (Å²) in [5.41, 5.74) is 1.67. The molecule has 0 amide bonds. The molecule has 1 aromatic heterocycles. The molecule has 4 rings (SSSR count). The number of para-hydroxylation sites is 1. The fraction of sp³-hybridized carbons (Fsp3) is 0.654. The summed E-state index contributed by atoms with van der Waals surface area (Å²) in [6.45, 7) is 6.74. The Labute approximate surface area is 200 Å². The SMILES string of the molecule is COn1cc(CC([C@H]2CO[C@H](O[C@@H]3C[C@H](C)CC[C@H]3C(C)C)C(=O)C2)[N+](=O)[O-])c2ccccc21. The summed E-state index contributed by atoms with van der Waals surface area (Å²) in [6.07, 6.45) is 4.33. The average Bonchev–Trinajstić information content (AvgIpc) is 3.16. The molecule has 1 unspecified atom stereocenters.